The second-order valence-electron chi connectivity index (χ2n) is 6.87. The molecule has 5 nitrogen and oxygen atoms in total. The molecule has 4 aromatic rings. The highest BCUT2D eigenvalue weighted by Crippen LogP contribution is 2.31. The molecule has 0 spiro atoms. The molecule has 5 rings (SSSR count). The van der Waals surface area contributed by atoms with Crippen LogP contribution >= 0.6 is 11.6 Å². The van der Waals surface area contributed by atoms with E-state index in [1.807, 2.05) is 30.3 Å². The van der Waals surface area contributed by atoms with E-state index in [9.17, 15) is 4.79 Å². The van der Waals surface area contributed by atoms with Gasteiger partial charge in [-0.25, -0.2) is 4.98 Å². The van der Waals surface area contributed by atoms with Crippen LogP contribution in [0.3, 0.4) is 0 Å². The van der Waals surface area contributed by atoms with Gasteiger partial charge in [-0.3, -0.25) is 9.78 Å². The van der Waals surface area contributed by atoms with Crippen molar-refractivity contribution in [3.05, 3.63) is 87.3 Å². The zero-order chi connectivity index (χ0) is 19.1. The van der Waals surface area contributed by atoms with Crippen LogP contribution < -0.4 is 10.5 Å². The molecule has 2 aromatic carbocycles. The Morgan fingerprint density at radius 2 is 1.75 bits per heavy atom. The van der Waals surface area contributed by atoms with Gasteiger partial charge in [0.1, 0.15) is 0 Å². The molecule has 2 aromatic heterocycles. The molecule has 1 aliphatic heterocycles. The Morgan fingerprint density at radius 1 is 0.964 bits per heavy atom. The molecule has 0 amide bonds. The van der Waals surface area contributed by atoms with Crippen molar-refractivity contribution in [3.63, 3.8) is 0 Å². The summed E-state index contributed by atoms with van der Waals surface area (Å²) in [6.07, 6.45) is 2.59. The predicted molar refractivity (Wildman–Crippen MR) is 112 cm³/mol. The molecule has 1 aliphatic rings. The van der Waals surface area contributed by atoms with Crippen LogP contribution in [0.1, 0.15) is 11.1 Å². The van der Waals surface area contributed by atoms with E-state index in [1.165, 1.54) is 11.1 Å². The number of pyridine rings is 1. The Balaban J connectivity index is 1.61. The summed E-state index contributed by atoms with van der Waals surface area (Å²) in [5, 5.41) is 1.04. The standard InChI is InChI=1S/C22H17ClN4O/c23-18-8-4-3-7-16(18)17-9-11-24-20-19(17)21(28)26-22(25-20)27-12-10-14-5-1-2-6-15(14)13-27/h1-9,11H,10,12-13H2,(H,24,25,26,28). The maximum absolute atomic E-state index is 13.0. The van der Waals surface area contributed by atoms with E-state index in [0.717, 1.165) is 30.6 Å². The van der Waals surface area contributed by atoms with E-state index in [1.54, 1.807) is 12.3 Å². The fourth-order valence-electron chi connectivity index (χ4n) is 3.78. The van der Waals surface area contributed by atoms with Crippen LogP contribution in [0.2, 0.25) is 5.02 Å². The summed E-state index contributed by atoms with van der Waals surface area (Å²) >= 11 is 6.35. The summed E-state index contributed by atoms with van der Waals surface area (Å²) in [5.41, 5.74) is 4.36. The fraction of sp³-hybridized carbons (Fsp3) is 0.136. The Morgan fingerprint density at radius 3 is 2.61 bits per heavy atom. The maximum atomic E-state index is 13.0. The van der Waals surface area contributed by atoms with Crippen molar-refractivity contribution in [2.75, 3.05) is 11.4 Å². The number of hydrogen-bond donors (Lipinski definition) is 1. The number of hydrogen-bond acceptors (Lipinski definition) is 4. The molecule has 0 radical (unpaired) electrons. The van der Waals surface area contributed by atoms with Crippen molar-refractivity contribution in [2.24, 2.45) is 0 Å². The fourth-order valence-corrected chi connectivity index (χ4v) is 4.02. The molecule has 0 bridgehead atoms. The van der Waals surface area contributed by atoms with Gasteiger partial charge >= 0.3 is 0 Å². The number of nitrogens with one attached hydrogen (secondary N) is 1. The maximum Gasteiger partial charge on any atom is 0.262 e. The second-order valence-corrected chi connectivity index (χ2v) is 7.27. The van der Waals surface area contributed by atoms with Gasteiger partial charge in [0.15, 0.2) is 5.65 Å². The lowest BCUT2D eigenvalue weighted by atomic mass is 10.0. The lowest BCUT2D eigenvalue weighted by molar-refractivity contribution is 0.708. The highest BCUT2D eigenvalue weighted by atomic mass is 35.5. The van der Waals surface area contributed by atoms with Crippen molar-refractivity contribution in [1.29, 1.82) is 0 Å². The number of H-pyrrole nitrogens is 1. The van der Waals surface area contributed by atoms with E-state index in [-0.39, 0.29) is 5.56 Å². The van der Waals surface area contributed by atoms with E-state index in [4.69, 9.17) is 11.6 Å². The van der Waals surface area contributed by atoms with Gasteiger partial charge in [-0.15, -0.1) is 0 Å². The van der Waals surface area contributed by atoms with Gasteiger partial charge in [0.05, 0.1) is 5.39 Å². The molecule has 1 N–H and O–H groups in total. The zero-order valence-electron chi connectivity index (χ0n) is 15.0. The largest absolute Gasteiger partial charge is 0.338 e. The number of nitrogens with zero attached hydrogens (tertiary/aromatic N) is 3. The van der Waals surface area contributed by atoms with Crippen LogP contribution in [0.4, 0.5) is 5.95 Å². The third-order valence-corrected chi connectivity index (χ3v) is 5.52. The Bertz CT molecular complexity index is 1250. The molecule has 0 saturated carbocycles. The summed E-state index contributed by atoms with van der Waals surface area (Å²) in [7, 11) is 0. The van der Waals surface area contributed by atoms with Crippen LogP contribution in [0.5, 0.6) is 0 Å². The summed E-state index contributed by atoms with van der Waals surface area (Å²) in [6, 6.07) is 17.6. The summed E-state index contributed by atoms with van der Waals surface area (Å²) < 4.78 is 0. The van der Waals surface area contributed by atoms with Crippen molar-refractivity contribution in [2.45, 2.75) is 13.0 Å². The SMILES string of the molecule is O=c1[nH]c(N2CCc3ccccc3C2)nc2nccc(-c3ccccc3Cl)c12. The van der Waals surface area contributed by atoms with Crippen LogP contribution in [-0.2, 0) is 13.0 Å². The lowest BCUT2D eigenvalue weighted by Crippen LogP contribution is -2.33. The average molecular weight is 389 g/mol. The zero-order valence-corrected chi connectivity index (χ0v) is 15.8. The van der Waals surface area contributed by atoms with Crippen molar-refractivity contribution >= 4 is 28.6 Å². The van der Waals surface area contributed by atoms with Crippen molar-refractivity contribution < 1.29 is 0 Å². The first-order chi connectivity index (χ1) is 13.7. The molecule has 3 heterocycles. The highest BCUT2D eigenvalue weighted by Gasteiger charge is 2.20. The minimum Gasteiger partial charge on any atom is -0.338 e. The third kappa shape index (κ3) is 2.84. The molecular formula is C22H17ClN4O. The number of aromatic nitrogens is 3. The molecule has 6 heteroatoms. The normalized spacial score (nSPS) is 13.5. The second kappa shape index (κ2) is 6.77. The molecule has 0 aliphatic carbocycles. The molecule has 28 heavy (non-hydrogen) atoms. The van der Waals surface area contributed by atoms with E-state index in [0.29, 0.717) is 22.0 Å². The number of halogens is 1. The van der Waals surface area contributed by atoms with Crippen LogP contribution in [0.15, 0.2) is 65.6 Å². The monoisotopic (exact) mass is 388 g/mol. The van der Waals surface area contributed by atoms with E-state index in [2.05, 4.69) is 38.1 Å². The van der Waals surface area contributed by atoms with Gasteiger partial charge in [0.25, 0.3) is 5.56 Å². The van der Waals surface area contributed by atoms with Crippen LogP contribution in [0.25, 0.3) is 22.2 Å². The number of anilines is 1. The number of benzene rings is 2. The topological polar surface area (TPSA) is 61.9 Å². The number of aromatic amines is 1. The quantitative estimate of drug-likeness (QED) is 0.559. The predicted octanol–water partition coefficient (Wildman–Crippen LogP) is 4.20. The Kier molecular flexibility index (Phi) is 4.10. The van der Waals surface area contributed by atoms with Crippen molar-refractivity contribution in [1.82, 2.24) is 15.0 Å². The van der Waals surface area contributed by atoms with Gasteiger partial charge in [-0.05, 0) is 29.7 Å². The summed E-state index contributed by atoms with van der Waals surface area (Å²) in [5.74, 6) is 0.552. The first-order valence-electron chi connectivity index (χ1n) is 9.16. The number of fused-ring (bicyclic) bond motifs is 2. The highest BCUT2D eigenvalue weighted by molar-refractivity contribution is 6.33. The minimum atomic E-state index is -0.207. The lowest BCUT2D eigenvalue weighted by Gasteiger charge is -2.29. The Labute approximate surface area is 166 Å². The first-order valence-corrected chi connectivity index (χ1v) is 9.54. The van der Waals surface area contributed by atoms with Gasteiger partial charge in [-0.1, -0.05) is 54.1 Å². The molecule has 0 unspecified atom stereocenters. The molecule has 0 saturated heterocycles. The van der Waals surface area contributed by atoms with Gasteiger partial charge in [-0.2, -0.15) is 4.98 Å². The van der Waals surface area contributed by atoms with Gasteiger partial charge in [0.2, 0.25) is 5.95 Å². The van der Waals surface area contributed by atoms with Crippen molar-refractivity contribution in [3.8, 4) is 11.1 Å². The van der Waals surface area contributed by atoms with Gasteiger partial charge in [0, 0.05) is 35.4 Å². The van der Waals surface area contributed by atoms with Gasteiger partial charge < -0.3 is 4.90 Å². The summed E-state index contributed by atoms with van der Waals surface area (Å²) in [6.45, 7) is 1.52. The van der Waals surface area contributed by atoms with Crippen LogP contribution in [-0.4, -0.2) is 21.5 Å². The number of rotatable bonds is 2. The molecular weight excluding hydrogens is 372 g/mol. The molecule has 138 valence electrons. The van der Waals surface area contributed by atoms with E-state index < -0.39 is 0 Å². The first kappa shape index (κ1) is 17.0. The van der Waals surface area contributed by atoms with E-state index >= 15 is 0 Å². The minimum absolute atomic E-state index is 0.207. The average Bonchev–Trinajstić information content (AvgIpc) is 2.73. The summed E-state index contributed by atoms with van der Waals surface area (Å²) in [4.78, 5) is 27.1. The smallest absolute Gasteiger partial charge is 0.262 e. The van der Waals surface area contributed by atoms with Crippen LogP contribution in [0, 0.1) is 0 Å². The Hall–Kier alpha value is -3.18. The molecule has 0 atom stereocenters. The molecule has 0 fully saturated rings. The third-order valence-electron chi connectivity index (χ3n) is 5.19.